The van der Waals surface area contributed by atoms with Gasteiger partial charge in [-0.3, -0.25) is 9.59 Å². The number of fused-ring (bicyclic) bond motifs is 2. The highest BCUT2D eigenvalue weighted by molar-refractivity contribution is 6.36. The summed E-state index contributed by atoms with van der Waals surface area (Å²) in [5.41, 5.74) is 3.50. The molecule has 198 valence electrons. The molecule has 0 saturated heterocycles. The van der Waals surface area contributed by atoms with Crippen LogP contribution in [0, 0.1) is 0 Å². The van der Waals surface area contributed by atoms with Gasteiger partial charge < -0.3 is 10.1 Å². The minimum Gasteiger partial charge on any atom is -0.422 e. The predicted octanol–water partition coefficient (Wildman–Crippen LogP) is 6.40. The Balaban J connectivity index is 1.30. The molecule has 0 fully saturated rings. The molecule has 0 heterocycles. The van der Waals surface area contributed by atoms with Crippen LogP contribution in [0.3, 0.4) is 0 Å². The molecule has 9 heteroatoms. The molecule has 0 aliphatic heterocycles. The second-order valence-electron chi connectivity index (χ2n) is 8.71. The number of benzene rings is 5. The Kier molecular flexibility index (Phi) is 8.05. The first-order valence-corrected chi connectivity index (χ1v) is 12.9. The Morgan fingerprint density at radius 2 is 1.48 bits per heavy atom. The zero-order valence-corrected chi connectivity index (χ0v) is 22.4. The van der Waals surface area contributed by atoms with Crippen LogP contribution in [-0.2, 0) is 4.79 Å². The average Bonchev–Trinajstić information content (AvgIpc) is 2.96. The lowest BCUT2D eigenvalue weighted by Crippen LogP contribution is -2.35. The second-order valence-corrected chi connectivity index (χ2v) is 9.56. The highest BCUT2D eigenvalue weighted by atomic mass is 35.5. The molecule has 40 heavy (non-hydrogen) atoms. The molecule has 0 bridgehead atoms. The van der Waals surface area contributed by atoms with E-state index < -0.39 is 11.9 Å². The number of esters is 1. The van der Waals surface area contributed by atoms with E-state index in [0.717, 1.165) is 21.5 Å². The Bertz CT molecular complexity index is 1800. The summed E-state index contributed by atoms with van der Waals surface area (Å²) in [6.07, 6.45) is 1.39. The van der Waals surface area contributed by atoms with Crippen molar-refractivity contribution in [2.45, 2.75) is 0 Å². The number of nitrogens with one attached hydrogen (secondary N) is 2. The summed E-state index contributed by atoms with van der Waals surface area (Å²) in [7, 11) is 0. The first-order valence-electron chi connectivity index (χ1n) is 12.2. The van der Waals surface area contributed by atoms with Gasteiger partial charge in [0.1, 0.15) is 5.75 Å². The van der Waals surface area contributed by atoms with Crippen molar-refractivity contribution in [3.63, 3.8) is 0 Å². The molecular formula is C31H21Cl2N3O4. The summed E-state index contributed by atoms with van der Waals surface area (Å²) in [6.45, 7) is -0.286. The fourth-order valence-electron chi connectivity index (χ4n) is 4.20. The first-order chi connectivity index (χ1) is 19.4. The van der Waals surface area contributed by atoms with E-state index in [4.69, 9.17) is 27.9 Å². The first kappa shape index (κ1) is 26.9. The molecule has 5 rings (SSSR count). The normalized spacial score (nSPS) is 11.1. The molecule has 2 N–H and O–H groups in total. The summed E-state index contributed by atoms with van der Waals surface area (Å²) in [6, 6.07) is 28.3. The van der Waals surface area contributed by atoms with Crippen molar-refractivity contribution in [3.8, 4) is 5.75 Å². The fourth-order valence-corrected chi connectivity index (χ4v) is 4.68. The number of carbonyl (C=O) groups is 3. The average molecular weight is 570 g/mol. The smallest absolute Gasteiger partial charge is 0.345 e. The highest BCUT2D eigenvalue weighted by Crippen LogP contribution is 2.29. The topological polar surface area (TPSA) is 96.9 Å². The molecule has 0 aliphatic rings. The largest absolute Gasteiger partial charge is 0.422 e. The van der Waals surface area contributed by atoms with Crippen LogP contribution >= 0.6 is 23.2 Å². The third-order valence-corrected chi connectivity index (χ3v) is 6.66. The summed E-state index contributed by atoms with van der Waals surface area (Å²) < 4.78 is 5.65. The molecular weight excluding hydrogens is 549 g/mol. The van der Waals surface area contributed by atoms with E-state index in [-0.39, 0.29) is 28.8 Å². The number of halogens is 2. The van der Waals surface area contributed by atoms with Gasteiger partial charge in [-0.05, 0) is 51.9 Å². The Labute approximate surface area is 239 Å². The van der Waals surface area contributed by atoms with Crippen LogP contribution in [0.5, 0.6) is 5.75 Å². The molecule has 5 aromatic carbocycles. The number of rotatable bonds is 7. The van der Waals surface area contributed by atoms with E-state index >= 15 is 0 Å². The monoisotopic (exact) mass is 569 g/mol. The van der Waals surface area contributed by atoms with E-state index in [1.165, 1.54) is 18.3 Å². The van der Waals surface area contributed by atoms with Crippen LogP contribution in [0.15, 0.2) is 102 Å². The zero-order chi connectivity index (χ0) is 28.1. The fraction of sp³-hybridized carbons (Fsp3) is 0.0323. The SMILES string of the molecule is O=C(CNC(=O)c1cccc2ccccc12)N/N=C\c1c(OC(=O)c2ccc(Cl)cc2Cl)ccc2ccccc12. The predicted molar refractivity (Wildman–Crippen MR) is 157 cm³/mol. The lowest BCUT2D eigenvalue weighted by atomic mass is 10.0. The number of ether oxygens (including phenoxy) is 1. The van der Waals surface area contributed by atoms with Crippen LogP contribution in [0.25, 0.3) is 21.5 Å². The molecule has 0 radical (unpaired) electrons. The molecule has 5 aromatic rings. The summed E-state index contributed by atoms with van der Waals surface area (Å²) in [5, 5.41) is 10.6. The Morgan fingerprint density at radius 1 is 0.775 bits per heavy atom. The number of hydrogen-bond acceptors (Lipinski definition) is 5. The van der Waals surface area contributed by atoms with E-state index in [9.17, 15) is 14.4 Å². The van der Waals surface area contributed by atoms with E-state index in [2.05, 4.69) is 15.8 Å². The van der Waals surface area contributed by atoms with Gasteiger partial charge in [-0.2, -0.15) is 5.10 Å². The molecule has 0 unspecified atom stereocenters. The lowest BCUT2D eigenvalue weighted by molar-refractivity contribution is -0.120. The maximum Gasteiger partial charge on any atom is 0.345 e. The van der Waals surface area contributed by atoms with Gasteiger partial charge in [0.15, 0.2) is 0 Å². The summed E-state index contributed by atoms with van der Waals surface area (Å²) >= 11 is 12.1. The van der Waals surface area contributed by atoms with Gasteiger partial charge in [-0.1, -0.05) is 89.9 Å². The van der Waals surface area contributed by atoms with Gasteiger partial charge in [0.2, 0.25) is 0 Å². The molecule has 0 spiro atoms. The van der Waals surface area contributed by atoms with Crippen LogP contribution in [-0.4, -0.2) is 30.5 Å². The molecule has 7 nitrogen and oxygen atoms in total. The van der Waals surface area contributed by atoms with Crippen molar-refractivity contribution < 1.29 is 19.1 Å². The van der Waals surface area contributed by atoms with E-state index in [0.29, 0.717) is 16.1 Å². The third kappa shape index (κ3) is 5.96. The van der Waals surface area contributed by atoms with Crippen molar-refractivity contribution in [1.82, 2.24) is 10.7 Å². The maximum absolute atomic E-state index is 12.9. The van der Waals surface area contributed by atoms with E-state index in [1.807, 2.05) is 54.6 Å². The van der Waals surface area contributed by atoms with Crippen molar-refractivity contribution in [3.05, 3.63) is 124 Å². The van der Waals surface area contributed by atoms with Crippen molar-refractivity contribution in [1.29, 1.82) is 0 Å². The van der Waals surface area contributed by atoms with Crippen molar-refractivity contribution in [2.24, 2.45) is 5.10 Å². The number of hydrogen-bond donors (Lipinski definition) is 2. The Morgan fingerprint density at radius 3 is 2.25 bits per heavy atom. The van der Waals surface area contributed by atoms with Gasteiger partial charge in [-0.25, -0.2) is 10.2 Å². The number of amides is 2. The van der Waals surface area contributed by atoms with Gasteiger partial charge >= 0.3 is 5.97 Å². The quantitative estimate of drug-likeness (QED) is 0.102. The maximum atomic E-state index is 12.9. The number of nitrogens with zero attached hydrogens (tertiary/aromatic N) is 1. The molecule has 2 amide bonds. The van der Waals surface area contributed by atoms with Gasteiger partial charge in [0, 0.05) is 16.1 Å². The van der Waals surface area contributed by atoms with Gasteiger partial charge in [-0.15, -0.1) is 0 Å². The van der Waals surface area contributed by atoms with Crippen molar-refractivity contribution >= 4 is 68.7 Å². The van der Waals surface area contributed by atoms with Crippen LogP contribution in [0.1, 0.15) is 26.3 Å². The number of carbonyl (C=O) groups excluding carboxylic acids is 3. The van der Waals surface area contributed by atoms with Gasteiger partial charge in [0.05, 0.1) is 23.3 Å². The minimum atomic E-state index is -0.674. The van der Waals surface area contributed by atoms with Crippen molar-refractivity contribution in [2.75, 3.05) is 6.54 Å². The third-order valence-electron chi connectivity index (χ3n) is 6.11. The zero-order valence-electron chi connectivity index (χ0n) is 20.9. The minimum absolute atomic E-state index is 0.150. The Hall–Kier alpha value is -4.72. The highest BCUT2D eigenvalue weighted by Gasteiger charge is 2.17. The lowest BCUT2D eigenvalue weighted by Gasteiger charge is -2.11. The summed E-state index contributed by atoms with van der Waals surface area (Å²) in [4.78, 5) is 38.0. The summed E-state index contributed by atoms with van der Waals surface area (Å²) in [5.74, 6) is -1.36. The standard InChI is InChI=1S/C31H21Cl2N3O4/c32-21-13-14-25(27(33)16-21)31(39)40-28-15-12-20-7-2-4-10-23(20)26(28)17-35-36-29(37)18-34-30(38)24-11-5-8-19-6-1-3-9-22(19)24/h1-17H,18H2,(H,34,38)(H,36,37)/b35-17-. The molecule has 0 atom stereocenters. The number of hydrazone groups is 1. The molecule has 0 aromatic heterocycles. The van der Waals surface area contributed by atoms with Crippen LogP contribution < -0.4 is 15.5 Å². The van der Waals surface area contributed by atoms with E-state index in [1.54, 1.807) is 30.3 Å². The second kappa shape index (κ2) is 12.0. The van der Waals surface area contributed by atoms with Crippen LogP contribution in [0.2, 0.25) is 10.0 Å². The molecule has 0 aliphatic carbocycles. The van der Waals surface area contributed by atoms with Crippen LogP contribution in [0.4, 0.5) is 0 Å². The molecule has 0 saturated carbocycles. The van der Waals surface area contributed by atoms with Gasteiger partial charge in [0.25, 0.3) is 11.8 Å².